The lowest BCUT2D eigenvalue weighted by molar-refractivity contribution is 0.280. The number of hydrogen-bond donors (Lipinski definition) is 3. The van der Waals surface area contributed by atoms with Gasteiger partial charge in [-0.2, -0.15) is 0 Å². The van der Waals surface area contributed by atoms with E-state index in [9.17, 15) is 5.11 Å². The summed E-state index contributed by atoms with van der Waals surface area (Å²) in [7, 11) is 0. The van der Waals surface area contributed by atoms with Crippen LogP contribution in [0, 0.1) is 0 Å². The second-order valence-corrected chi connectivity index (χ2v) is 2.13. The molecule has 0 aliphatic rings. The molecule has 0 spiro atoms. The van der Waals surface area contributed by atoms with E-state index in [1.54, 1.807) is 0 Å². The van der Waals surface area contributed by atoms with Crippen molar-refractivity contribution in [2.24, 2.45) is 5.16 Å². The van der Waals surface area contributed by atoms with Crippen LogP contribution in [0.15, 0.2) is 17.5 Å². The molecule has 0 aromatic carbocycles. The van der Waals surface area contributed by atoms with E-state index in [-0.39, 0.29) is 17.9 Å². The lowest BCUT2D eigenvalue weighted by atomic mass is 10.1. The molecular weight excluding hydrogens is 160 g/mol. The van der Waals surface area contributed by atoms with Crippen LogP contribution in [0.5, 0.6) is 5.75 Å². The molecule has 0 saturated heterocycles. The van der Waals surface area contributed by atoms with Gasteiger partial charge in [-0.25, -0.2) is 0 Å². The Morgan fingerprint density at radius 1 is 1.50 bits per heavy atom. The maximum atomic E-state index is 9.18. The van der Waals surface area contributed by atoms with Crippen molar-refractivity contribution in [2.75, 3.05) is 0 Å². The molecule has 0 bridgehead atoms. The Morgan fingerprint density at radius 2 is 2.25 bits per heavy atom. The number of aliphatic hydroxyl groups excluding tert-OH is 1. The van der Waals surface area contributed by atoms with Crippen LogP contribution >= 0.6 is 0 Å². The zero-order valence-corrected chi connectivity index (χ0v) is 6.18. The van der Waals surface area contributed by atoms with E-state index < -0.39 is 0 Å². The lowest BCUT2D eigenvalue weighted by Crippen LogP contribution is -1.94. The number of oxime groups is 1. The van der Waals surface area contributed by atoms with Gasteiger partial charge in [0.2, 0.25) is 0 Å². The van der Waals surface area contributed by atoms with Crippen molar-refractivity contribution in [3.05, 3.63) is 23.5 Å². The highest BCUT2D eigenvalue weighted by Gasteiger charge is 2.04. The molecule has 1 heterocycles. The highest BCUT2D eigenvalue weighted by molar-refractivity contribution is 5.84. The SMILES string of the molecule is OCc1cncc(O)c1C=NO. The van der Waals surface area contributed by atoms with Gasteiger partial charge in [-0.1, -0.05) is 5.16 Å². The normalized spacial score (nSPS) is 10.8. The minimum absolute atomic E-state index is 0.126. The fraction of sp³-hybridized carbons (Fsp3) is 0.143. The highest BCUT2D eigenvalue weighted by Crippen LogP contribution is 2.16. The summed E-state index contributed by atoms with van der Waals surface area (Å²) in [6.07, 6.45) is 3.63. The van der Waals surface area contributed by atoms with Crippen molar-refractivity contribution in [1.82, 2.24) is 4.98 Å². The number of hydrogen-bond acceptors (Lipinski definition) is 5. The second kappa shape index (κ2) is 3.68. The Morgan fingerprint density at radius 3 is 2.83 bits per heavy atom. The Hall–Kier alpha value is -1.62. The molecule has 3 N–H and O–H groups in total. The molecule has 1 aromatic rings. The van der Waals surface area contributed by atoms with Crippen molar-refractivity contribution >= 4 is 6.21 Å². The molecule has 5 heteroatoms. The third-order valence-corrected chi connectivity index (χ3v) is 1.41. The Balaban J connectivity index is 3.19. The predicted molar refractivity (Wildman–Crippen MR) is 41.2 cm³/mol. The van der Waals surface area contributed by atoms with E-state index in [1.807, 2.05) is 0 Å². The van der Waals surface area contributed by atoms with Gasteiger partial charge in [-0.3, -0.25) is 4.98 Å². The van der Waals surface area contributed by atoms with E-state index in [4.69, 9.17) is 10.3 Å². The van der Waals surface area contributed by atoms with Gasteiger partial charge in [0.05, 0.1) is 19.0 Å². The molecular formula is C7H8N2O3. The van der Waals surface area contributed by atoms with E-state index in [0.717, 1.165) is 6.21 Å². The van der Waals surface area contributed by atoms with E-state index in [2.05, 4.69) is 10.1 Å². The van der Waals surface area contributed by atoms with Crippen LogP contribution in [0.25, 0.3) is 0 Å². The number of pyridine rings is 1. The zero-order chi connectivity index (χ0) is 8.97. The van der Waals surface area contributed by atoms with Crippen LogP contribution in [0.1, 0.15) is 11.1 Å². The predicted octanol–water partition coefficient (Wildman–Crippen LogP) is 0.0876. The van der Waals surface area contributed by atoms with E-state index in [0.29, 0.717) is 5.56 Å². The summed E-state index contributed by atoms with van der Waals surface area (Å²) in [5.74, 6) is -0.126. The van der Waals surface area contributed by atoms with Crippen molar-refractivity contribution in [2.45, 2.75) is 6.61 Å². The number of nitrogens with zero attached hydrogens (tertiary/aromatic N) is 2. The average molecular weight is 168 g/mol. The van der Waals surface area contributed by atoms with Crippen LogP contribution in [0.4, 0.5) is 0 Å². The van der Waals surface area contributed by atoms with Crippen LogP contribution < -0.4 is 0 Å². The molecule has 0 fully saturated rings. The molecule has 64 valence electrons. The number of aromatic nitrogens is 1. The minimum atomic E-state index is -0.261. The first kappa shape index (κ1) is 8.48. The summed E-state index contributed by atoms with van der Waals surface area (Å²) in [6.45, 7) is -0.261. The number of aliphatic hydroxyl groups is 1. The van der Waals surface area contributed by atoms with Gasteiger partial charge in [0.1, 0.15) is 5.75 Å². The van der Waals surface area contributed by atoms with Crippen molar-refractivity contribution in [1.29, 1.82) is 0 Å². The number of rotatable bonds is 2. The third kappa shape index (κ3) is 1.51. The topological polar surface area (TPSA) is 85.9 Å². The molecule has 0 atom stereocenters. The van der Waals surface area contributed by atoms with Gasteiger partial charge in [0.15, 0.2) is 0 Å². The first-order valence-corrected chi connectivity index (χ1v) is 3.23. The molecule has 1 rings (SSSR count). The van der Waals surface area contributed by atoms with Crippen molar-refractivity contribution in [3.63, 3.8) is 0 Å². The molecule has 0 saturated carbocycles. The van der Waals surface area contributed by atoms with Gasteiger partial charge in [0, 0.05) is 17.3 Å². The number of aromatic hydroxyl groups is 1. The van der Waals surface area contributed by atoms with Crippen LogP contribution in [-0.4, -0.2) is 26.6 Å². The molecule has 0 amide bonds. The first-order valence-electron chi connectivity index (χ1n) is 3.23. The summed E-state index contributed by atoms with van der Waals surface area (Å²) in [5.41, 5.74) is 0.683. The van der Waals surface area contributed by atoms with Gasteiger partial charge < -0.3 is 15.4 Å². The largest absolute Gasteiger partial charge is 0.506 e. The maximum absolute atomic E-state index is 9.18. The van der Waals surface area contributed by atoms with E-state index >= 15 is 0 Å². The van der Waals surface area contributed by atoms with Crippen LogP contribution in [0.3, 0.4) is 0 Å². The summed E-state index contributed by atoms with van der Waals surface area (Å²) in [4.78, 5) is 3.64. The second-order valence-electron chi connectivity index (χ2n) is 2.13. The fourth-order valence-electron chi connectivity index (χ4n) is 0.834. The quantitative estimate of drug-likeness (QED) is 0.332. The van der Waals surface area contributed by atoms with Crippen molar-refractivity contribution in [3.8, 4) is 5.75 Å². The Labute approximate surface area is 68.6 Å². The van der Waals surface area contributed by atoms with Gasteiger partial charge in [-0.15, -0.1) is 0 Å². The molecule has 5 nitrogen and oxygen atoms in total. The molecule has 1 aromatic heterocycles. The highest BCUT2D eigenvalue weighted by atomic mass is 16.4. The zero-order valence-electron chi connectivity index (χ0n) is 6.18. The minimum Gasteiger partial charge on any atom is -0.506 e. The van der Waals surface area contributed by atoms with Crippen LogP contribution in [-0.2, 0) is 6.61 Å². The molecule has 12 heavy (non-hydrogen) atoms. The third-order valence-electron chi connectivity index (χ3n) is 1.41. The maximum Gasteiger partial charge on any atom is 0.143 e. The van der Waals surface area contributed by atoms with Gasteiger partial charge >= 0.3 is 0 Å². The standard InChI is InChI=1S/C7H8N2O3/c10-4-5-1-8-3-7(11)6(5)2-9-12/h1-3,10-12H,4H2. The molecule has 0 radical (unpaired) electrons. The molecule has 0 aliphatic carbocycles. The van der Waals surface area contributed by atoms with Crippen LogP contribution in [0.2, 0.25) is 0 Å². The first-order chi connectivity index (χ1) is 5.79. The lowest BCUT2D eigenvalue weighted by Gasteiger charge is -2.01. The fourth-order valence-corrected chi connectivity index (χ4v) is 0.834. The monoisotopic (exact) mass is 168 g/mol. The molecule has 0 unspecified atom stereocenters. The Bertz CT molecular complexity index is 299. The van der Waals surface area contributed by atoms with Gasteiger partial charge in [-0.05, 0) is 0 Å². The summed E-state index contributed by atoms with van der Waals surface area (Å²) in [6, 6.07) is 0. The smallest absolute Gasteiger partial charge is 0.143 e. The summed E-state index contributed by atoms with van der Waals surface area (Å²) in [5, 5.41) is 28.9. The van der Waals surface area contributed by atoms with Gasteiger partial charge in [0.25, 0.3) is 0 Å². The Kier molecular flexibility index (Phi) is 2.60. The summed E-state index contributed by atoms with van der Waals surface area (Å²) < 4.78 is 0. The van der Waals surface area contributed by atoms with E-state index in [1.165, 1.54) is 12.4 Å². The average Bonchev–Trinajstić information content (AvgIpc) is 2.09. The van der Waals surface area contributed by atoms with Crippen molar-refractivity contribution < 1.29 is 15.4 Å². The summed E-state index contributed by atoms with van der Waals surface area (Å²) >= 11 is 0. The molecule has 0 aliphatic heterocycles.